The van der Waals surface area contributed by atoms with Gasteiger partial charge in [-0.25, -0.2) is 4.79 Å². The molecule has 38 heavy (non-hydrogen) atoms. The minimum atomic E-state index is -0.503. The average molecular weight is 529 g/mol. The fourth-order valence-corrected chi connectivity index (χ4v) is 5.76. The van der Waals surface area contributed by atoms with Crippen molar-refractivity contribution >= 4 is 23.8 Å². The lowest BCUT2D eigenvalue weighted by molar-refractivity contribution is -0.153. The van der Waals surface area contributed by atoms with Gasteiger partial charge in [-0.05, 0) is 56.7 Å². The van der Waals surface area contributed by atoms with E-state index in [9.17, 15) is 19.2 Å². The number of hydrogen-bond donors (Lipinski definition) is 1. The van der Waals surface area contributed by atoms with Crippen LogP contribution in [0.25, 0.3) is 0 Å². The van der Waals surface area contributed by atoms with Crippen molar-refractivity contribution in [3.63, 3.8) is 0 Å². The molecule has 1 aromatic rings. The lowest BCUT2D eigenvalue weighted by Crippen LogP contribution is -2.66. The Morgan fingerprint density at radius 2 is 1.66 bits per heavy atom. The highest BCUT2D eigenvalue weighted by atomic mass is 16.5. The SMILES string of the molecule is CCC(C)NC(=O)CN1C(=O)N(Cc2ccc(C(=O)N3CCCC3)cc2)C(=O)C2CC(OC)C(OC)CC21. The minimum absolute atomic E-state index is 0.000947. The first-order chi connectivity index (χ1) is 18.3. The first-order valence-electron chi connectivity index (χ1n) is 13.6. The molecule has 0 bridgehead atoms. The number of ether oxygens (including phenoxy) is 2. The van der Waals surface area contributed by atoms with Crippen LogP contribution in [0, 0.1) is 5.92 Å². The number of rotatable bonds is 9. The third-order valence-corrected chi connectivity index (χ3v) is 8.17. The smallest absolute Gasteiger partial charge is 0.327 e. The predicted octanol–water partition coefficient (Wildman–Crippen LogP) is 2.41. The van der Waals surface area contributed by atoms with Crippen LogP contribution in [0.1, 0.15) is 61.9 Å². The number of methoxy groups -OCH3 is 2. The summed E-state index contributed by atoms with van der Waals surface area (Å²) in [5.74, 6) is -1.03. The topological polar surface area (TPSA) is 108 Å². The van der Waals surface area contributed by atoms with Crippen LogP contribution in [0.2, 0.25) is 0 Å². The summed E-state index contributed by atoms with van der Waals surface area (Å²) in [7, 11) is 3.18. The molecule has 208 valence electrons. The van der Waals surface area contributed by atoms with Gasteiger partial charge in [-0.1, -0.05) is 19.1 Å². The fourth-order valence-electron chi connectivity index (χ4n) is 5.76. The number of urea groups is 1. The Kier molecular flexibility index (Phi) is 9.04. The largest absolute Gasteiger partial charge is 0.379 e. The van der Waals surface area contributed by atoms with Crippen molar-refractivity contribution in [2.45, 2.75) is 76.8 Å². The van der Waals surface area contributed by atoms with Gasteiger partial charge in [0.25, 0.3) is 5.91 Å². The van der Waals surface area contributed by atoms with Crippen molar-refractivity contribution in [2.75, 3.05) is 33.9 Å². The van der Waals surface area contributed by atoms with E-state index >= 15 is 0 Å². The standard InChI is InChI=1S/C28H40N4O6/c1-5-18(2)29-25(33)17-31-22-15-24(38-4)23(37-3)14-21(22)27(35)32(28(31)36)16-19-8-10-20(11-9-19)26(34)30-12-6-7-13-30/h8-11,18,21-24H,5-7,12-17H2,1-4H3,(H,29,33). The van der Waals surface area contributed by atoms with Crippen molar-refractivity contribution in [3.05, 3.63) is 35.4 Å². The van der Waals surface area contributed by atoms with Gasteiger partial charge in [-0.15, -0.1) is 0 Å². The molecule has 3 aliphatic rings. The summed E-state index contributed by atoms with van der Waals surface area (Å²) >= 11 is 0. The molecule has 1 N–H and O–H groups in total. The van der Waals surface area contributed by atoms with Crippen LogP contribution in [0.15, 0.2) is 24.3 Å². The Hall–Kier alpha value is -2.98. The van der Waals surface area contributed by atoms with Gasteiger partial charge in [-0.3, -0.25) is 19.3 Å². The van der Waals surface area contributed by atoms with Crippen LogP contribution in [-0.4, -0.2) is 96.6 Å². The van der Waals surface area contributed by atoms with E-state index in [0.717, 1.165) is 37.9 Å². The lowest BCUT2D eigenvalue weighted by atomic mass is 9.78. The van der Waals surface area contributed by atoms with E-state index in [-0.39, 0.29) is 49.1 Å². The number of nitrogens with zero attached hydrogens (tertiary/aromatic N) is 3. The molecule has 2 heterocycles. The van der Waals surface area contributed by atoms with E-state index < -0.39 is 18.0 Å². The van der Waals surface area contributed by atoms with Gasteiger partial charge >= 0.3 is 6.03 Å². The zero-order valence-electron chi connectivity index (χ0n) is 22.9. The maximum absolute atomic E-state index is 13.7. The fraction of sp³-hybridized carbons (Fsp3) is 0.643. The molecule has 2 aliphatic heterocycles. The van der Waals surface area contributed by atoms with Crippen LogP contribution in [0.5, 0.6) is 0 Å². The van der Waals surface area contributed by atoms with E-state index in [1.54, 1.807) is 38.5 Å². The van der Waals surface area contributed by atoms with E-state index in [1.807, 2.05) is 18.7 Å². The number of hydrogen-bond acceptors (Lipinski definition) is 6. The Morgan fingerprint density at radius 3 is 2.26 bits per heavy atom. The van der Waals surface area contributed by atoms with Crippen molar-refractivity contribution in [1.29, 1.82) is 0 Å². The quantitative estimate of drug-likeness (QED) is 0.527. The van der Waals surface area contributed by atoms with Crippen LogP contribution < -0.4 is 5.32 Å². The van der Waals surface area contributed by atoms with Crippen molar-refractivity contribution in [1.82, 2.24) is 20.0 Å². The number of fused-ring (bicyclic) bond motifs is 1. The number of nitrogens with one attached hydrogen (secondary N) is 1. The van der Waals surface area contributed by atoms with Crippen LogP contribution in [-0.2, 0) is 25.6 Å². The molecule has 5 unspecified atom stereocenters. The molecule has 0 radical (unpaired) electrons. The van der Waals surface area contributed by atoms with Crippen molar-refractivity contribution in [3.8, 4) is 0 Å². The number of carbonyl (C=O) groups is 4. The number of amides is 5. The molecule has 1 aromatic carbocycles. The summed E-state index contributed by atoms with van der Waals surface area (Å²) in [6.07, 6.45) is 3.05. The third-order valence-electron chi connectivity index (χ3n) is 8.17. The van der Waals surface area contributed by atoms with Gasteiger partial charge in [0.15, 0.2) is 0 Å². The van der Waals surface area contributed by atoms with Gasteiger partial charge in [0.05, 0.1) is 24.7 Å². The molecule has 3 fully saturated rings. The molecule has 5 atom stereocenters. The Morgan fingerprint density at radius 1 is 1.03 bits per heavy atom. The Labute approximate surface area is 224 Å². The minimum Gasteiger partial charge on any atom is -0.379 e. The molecule has 10 nitrogen and oxygen atoms in total. The number of imide groups is 1. The summed E-state index contributed by atoms with van der Waals surface area (Å²) in [5, 5.41) is 2.93. The molecular weight excluding hydrogens is 488 g/mol. The molecule has 5 amide bonds. The first kappa shape index (κ1) is 28.0. The molecule has 4 rings (SSSR count). The second-order valence-electron chi connectivity index (χ2n) is 10.6. The van der Waals surface area contributed by atoms with Crippen molar-refractivity contribution < 1.29 is 28.7 Å². The Bertz CT molecular complexity index is 1020. The summed E-state index contributed by atoms with van der Waals surface area (Å²) < 4.78 is 11.2. The zero-order valence-corrected chi connectivity index (χ0v) is 22.9. The van der Waals surface area contributed by atoms with Gasteiger partial charge in [0, 0.05) is 45.0 Å². The van der Waals surface area contributed by atoms with Gasteiger partial charge in [0.2, 0.25) is 11.8 Å². The molecule has 0 aromatic heterocycles. The van der Waals surface area contributed by atoms with Crippen LogP contribution in [0.3, 0.4) is 0 Å². The number of carbonyl (C=O) groups excluding carboxylic acids is 4. The van der Waals surface area contributed by atoms with E-state index in [1.165, 1.54) is 9.80 Å². The number of benzene rings is 1. The Balaban J connectivity index is 1.55. The normalized spacial score (nSPS) is 26.4. The van der Waals surface area contributed by atoms with Gasteiger partial charge in [0.1, 0.15) is 6.54 Å². The van der Waals surface area contributed by atoms with Gasteiger partial charge in [-0.2, -0.15) is 0 Å². The monoisotopic (exact) mass is 528 g/mol. The van der Waals surface area contributed by atoms with Crippen LogP contribution >= 0.6 is 0 Å². The molecular formula is C28H40N4O6. The van der Waals surface area contributed by atoms with E-state index in [2.05, 4.69) is 5.32 Å². The highest BCUT2D eigenvalue weighted by Crippen LogP contribution is 2.37. The summed E-state index contributed by atoms with van der Waals surface area (Å²) in [4.78, 5) is 57.5. The summed E-state index contributed by atoms with van der Waals surface area (Å²) in [5.41, 5.74) is 1.33. The zero-order chi connectivity index (χ0) is 27.4. The molecule has 0 spiro atoms. The highest BCUT2D eigenvalue weighted by molar-refractivity contribution is 6.00. The maximum atomic E-state index is 13.7. The highest BCUT2D eigenvalue weighted by Gasteiger charge is 2.52. The van der Waals surface area contributed by atoms with Crippen molar-refractivity contribution in [2.24, 2.45) is 5.92 Å². The molecule has 10 heteroatoms. The van der Waals surface area contributed by atoms with Crippen LogP contribution in [0.4, 0.5) is 4.79 Å². The molecule has 1 saturated carbocycles. The predicted molar refractivity (Wildman–Crippen MR) is 140 cm³/mol. The second kappa shape index (κ2) is 12.3. The second-order valence-corrected chi connectivity index (χ2v) is 10.6. The number of likely N-dealkylation sites (tertiary alicyclic amines) is 1. The average Bonchev–Trinajstić information content (AvgIpc) is 3.47. The van der Waals surface area contributed by atoms with Gasteiger partial charge < -0.3 is 24.6 Å². The first-order valence-corrected chi connectivity index (χ1v) is 13.6. The lowest BCUT2D eigenvalue weighted by Gasteiger charge is -2.49. The molecule has 1 aliphatic carbocycles. The van der Waals surface area contributed by atoms with E-state index in [0.29, 0.717) is 18.4 Å². The molecule has 2 saturated heterocycles. The van der Waals surface area contributed by atoms with E-state index in [4.69, 9.17) is 9.47 Å². The summed E-state index contributed by atoms with van der Waals surface area (Å²) in [6, 6.07) is 6.11. The third kappa shape index (κ3) is 5.86. The summed E-state index contributed by atoms with van der Waals surface area (Å²) in [6.45, 7) is 5.36. The maximum Gasteiger partial charge on any atom is 0.327 e.